The van der Waals surface area contributed by atoms with Gasteiger partial charge in [0.05, 0.1) is 24.0 Å². The molecular formula is C19H22N2O4S. The number of likely N-dealkylation sites (N-methyl/N-ethyl adjacent to an activating group) is 1. The Labute approximate surface area is 153 Å². The van der Waals surface area contributed by atoms with E-state index >= 15 is 0 Å². The van der Waals surface area contributed by atoms with Crippen LogP contribution in [0.15, 0.2) is 47.4 Å². The Kier molecular flexibility index (Phi) is 4.54. The summed E-state index contributed by atoms with van der Waals surface area (Å²) in [4.78, 5) is 13.5. The van der Waals surface area contributed by atoms with Crippen LogP contribution in [0.5, 0.6) is 5.75 Å². The normalized spacial score (nSPS) is 14.5. The van der Waals surface area contributed by atoms with Gasteiger partial charge in [-0.3, -0.25) is 4.79 Å². The highest BCUT2D eigenvalue weighted by Gasteiger charge is 2.30. The molecule has 1 amide bonds. The van der Waals surface area contributed by atoms with Crippen molar-refractivity contribution in [2.45, 2.75) is 30.7 Å². The van der Waals surface area contributed by atoms with Crippen LogP contribution in [0.4, 0.5) is 5.69 Å². The number of benzene rings is 2. The summed E-state index contributed by atoms with van der Waals surface area (Å²) < 4.78 is 33.6. The number of ether oxygens (including phenoxy) is 1. The molecule has 138 valence electrons. The van der Waals surface area contributed by atoms with Crippen LogP contribution >= 0.6 is 0 Å². The van der Waals surface area contributed by atoms with Crippen LogP contribution in [0.1, 0.15) is 25.0 Å². The first kappa shape index (κ1) is 18.4. The fourth-order valence-corrected chi connectivity index (χ4v) is 4.53. The molecule has 2 aromatic carbocycles. The van der Waals surface area contributed by atoms with Gasteiger partial charge in [-0.2, -0.15) is 0 Å². The van der Waals surface area contributed by atoms with Crippen LogP contribution in [0, 0.1) is 0 Å². The van der Waals surface area contributed by atoms with Crippen molar-refractivity contribution in [3.63, 3.8) is 0 Å². The zero-order valence-corrected chi connectivity index (χ0v) is 16.1. The van der Waals surface area contributed by atoms with Crippen molar-refractivity contribution < 1.29 is 17.9 Å². The average molecular weight is 374 g/mol. The summed E-state index contributed by atoms with van der Waals surface area (Å²) in [6, 6.07) is 12.0. The molecule has 0 fully saturated rings. The Morgan fingerprint density at radius 3 is 2.38 bits per heavy atom. The fraction of sp³-hybridized carbons (Fsp3) is 0.316. The number of hydrogen-bond acceptors (Lipinski definition) is 4. The van der Waals surface area contributed by atoms with Gasteiger partial charge < -0.3 is 9.64 Å². The van der Waals surface area contributed by atoms with Crippen molar-refractivity contribution in [1.29, 1.82) is 0 Å². The molecular weight excluding hydrogens is 352 g/mol. The molecule has 1 heterocycles. The molecule has 26 heavy (non-hydrogen) atoms. The van der Waals surface area contributed by atoms with Gasteiger partial charge in [-0.15, -0.1) is 0 Å². The summed E-state index contributed by atoms with van der Waals surface area (Å²) in [6.45, 7) is 3.61. The molecule has 2 aromatic rings. The third-order valence-electron chi connectivity index (χ3n) is 4.64. The molecule has 0 radical (unpaired) electrons. The quantitative estimate of drug-likeness (QED) is 0.872. The van der Waals surface area contributed by atoms with Gasteiger partial charge in [0.2, 0.25) is 15.9 Å². The minimum absolute atomic E-state index is 0.0407. The highest BCUT2D eigenvalue weighted by molar-refractivity contribution is 7.89. The summed E-state index contributed by atoms with van der Waals surface area (Å²) in [7, 11) is -0.479. The summed E-state index contributed by atoms with van der Waals surface area (Å²) in [6.07, 6.45) is 0.219. The number of fused-ring (bicyclic) bond motifs is 1. The van der Waals surface area contributed by atoms with Gasteiger partial charge >= 0.3 is 0 Å². The Morgan fingerprint density at radius 1 is 1.12 bits per heavy atom. The van der Waals surface area contributed by atoms with Gasteiger partial charge in [-0.25, -0.2) is 13.1 Å². The number of amides is 1. The Balaban J connectivity index is 1.88. The lowest BCUT2D eigenvalue weighted by molar-refractivity contribution is -0.117. The van der Waals surface area contributed by atoms with Gasteiger partial charge in [-0.05, 0) is 55.3 Å². The summed E-state index contributed by atoms with van der Waals surface area (Å²) in [5.41, 5.74) is 1.49. The second kappa shape index (κ2) is 6.41. The second-order valence-corrected chi connectivity index (χ2v) is 8.56. The molecule has 7 heteroatoms. The molecule has 0 bridgehead atoms. The molecule has 6 nitrogen and oxygen atoms in total. The number of carbonyl (C=O) groups excluding carboxylic acids is 1. The Hall–Kier alpha value is -2.38. The average Bonchev–Trinajstić information content (AvgIpc) is 2.88. The first-order chi connectivity index (χ1) is 12.1. The van der Waals surface area contributed by atoms with E-state index in [4.69, 9.17) is 4.74 Å². The number of nitrogens with one attached hydrogen (secondary N) is 1. The van der Waals surface area contributed by atoms with E-state index in [1.54, 1.807) is 57.2 Å². The largest absolute Gasteiger partial charge is 0.497 e. The fourth-order valence-electron chi connectivity index (χ4n) is 3.08. The maximum atomic E-state index is 12.9. The number of carbonyl (C=O) groups is 1. The smallest absolute Gasteiger partial charge is 0.241 e. The number of sulfonamides is 1. The van der Waals surface area contributed by atoms with Gasteiger partial charge in [0, 0.05) is 12.7 Å². The van der Waals surface area contributed by atoms with Crippen molar-refractivity contribution >= 4 is 21.6 Å². The predicted octanol–water partition coefficient (Wildman–Crippen LogP) is 2.43. The maximum Gasteiger partial charge on any atom is 0.241 e. The molecule has 1 N–H and O–H groups in total. The van der Waals surface area contributed by atoms with Gasteiger partial charge in [0.1, 0.15) is 5.75 Å². The summed E-state index contributed by atoms with van der Waals surface area (Å²) in [5, 5.41) is 0. The lowest BCUT2D eigenvalue weighted by Crippen LogP contribution is -2.40. The van der Waals surface area contributed by atoms with Crippen molar-refractivity contribution in [2.24, 2.45) is 0 Å². The minimum Gasteiger partial charge on any atom is -0.497 e. The summed E-state index contributed by atoms with van der Waals surface area (Å²) in [5.74, 6) is 0.667. The van der Waals surface area contributed by atoms with E-state index in [2.05, 4.69) is 4.72 Å². The van der Waals surface area contributed by atoms with E-state index in [1.165, 1.54) is 6.07 Å². The standard InChI is InChI=1S/C19H22N2O4S/c1-19(2,14-5-7-15(25-4)8-6-14)20-26(23,24)16-9-10-17-13(11-16)12-18(22)21(17)3/h5-11,20H,12H2,1-4H3. The van der Waals surface area contributed by atoms with E-state index in [9.17, 15) is 13.2 Å². The van der Waals surface area contributed by atoms with E-state index in [0.717, 1.165) is 16.8 Å². The topological polar surface area (TPSA) is 75.7 Å². The minimum atomic E-state index is -3.75. The van der Waals surface area contributed by atoms with Crippen LogP contribution in [0.3, 0.4) is 0 Å². The van der Waals surface area contributed by atoms with Crippen LogP contribution in [-0.4, -0.2) is 28.5 Å². The van der Waals surface area contributed by atoms with Crippen molar-refractivity contribution in [3.8, 4) is 5.75 Å². The lowest BCUT2D eigenvalue weighted by atomic mass is 9.96. The van der Waals surface area contributed by atoms with E-state index in [-0.39, 0.29) is 17.2 Å². The first-order valence-corrected chi connectivity index (χ1v) is 9.70. The molecule has 0 atom stereocenters. The molecule has 0 saturated carbocycles. The number of anilines is 1. The molecule has 0 spiro atoms. The number of rotatable bonds is 5. The third kappa shape index (κ3) is 3.32. The van der Waals surface area contributed by atoms with Crippen LogP contribution in [-0.2, 0) is 26.8 Å². The van der Waals surface area contributed by atoms with Crippen molar-refractivity contribution in [3.05, 3.63) is 53.6 Å². The zero-order valence-electron chi connectivity index (χ0n) is 15.2. The number of nitrogens with zero attached hydrogens (tertiary/aromatic N) is 1. The SMILES string of the molecule is COc1ccc(C(C)(C)NS(=O)(=O)c2ccc3c(c2)CC(=O)N3C)cc1. The van der Waals surface area contributed by atoms with E-state index in [1.807, 2.05) is 12.1 Å². The lowest BCUT2D eigenvalue weighted by Gasteiger charge is -2.27. The highest BCUT2D eigenvalue weighted by atomic mass is 32.2. The molecule has 0 saturated heterocycles. The van der Waals surface area contributed by atoms with Gasteiger partial charge in [0.25, 0.3) is 0 Å². The number of methoxy groups -OCH3 is 1. The second-order valence-electron chi connectivity index (χ2n) is 6.88. The molecule has 0 aliphatic carbocycles. The first-order valence-electron chi connectivity index (χ1n) is 8.22. The molecule has 0 unspecified atom stereocenters. The van der Waals surface area contributed by atoms with Crippen LogP contribution in [0.25, 0.3) is 0 Å². The van der Waals surface area contributed by atoms with Gasteiger partial charge in [0.15, 0.2) is 0 Å². The monoisotopic (exact) mass is 374 g/mol. The molecule has 3 rings (SSSR count). The van der Waals surface area contributed by atoms with E-state index < -0.39 is 15.6 Å². The van der Waals surface area contributed by atoms with Gasteiger partial charge in [-0.1, -0.05) is 12.1 Å². The van der Waals surface area contributed by atoms with Crippen LogP contribution in [0.2, 0.25) is 0 Å². The molecule has 1 aliphatic rings. The summed E-state index contributed by atoms with van der Waals surface area (Å²) >= 11 is 0. The molecule has 0 aromatic heterocycles. The van der Waals surface area contributed by atoms with Crippen LogP contribution < -0.4 is 14.4 Å². The van der Waals surface area contributed by atoms with Crippen molar-refractivity contribution in [2.75, 3.05) is 19.1 Å². The third-order valence-corrected chi connectivity index (χ3v) is 6.29. The highest BCUT2D eigenvalue weighted by Crippen LogP contribution is 2.31. The Bertz CT molecular complexity index is 950. The zero-order chi connectivity index (χ0) is 19.1. The number of hydrogen-bond donors (Lipinski definition) is 1. The Morgan fingerprint density at radius 2 is 1.77 bits per heavy atom. The predicted molar refractivity (Wildman–Crippen MR) is 99.9 cm³/mol. The van der Waals surface area contributed by atoms with Crippen molar-refractivity contribution in [1.82, 2.24) is 4.72 Å². The van der Waals surface area contributed by atoms with E-state index in [0.29, 0.717) is 5.75 Å². The molecule has 1 aliphatic heterocycles. The maximum absolute atomic E-state index is 12.9.